The van der Waals surface area contributed by atoms with Crippen LogP contribution in [0, 0.1) is 6.92 Å². The van der Waals surface area contributed by atoms with Crippen molar-refractivity contribution in [2.45, 2.75) is 20.3 Å². The maximum Gasteiger partial charge on any atom is 0.139 e. The van der Waals surface area contributed by atoms with Gasteiger partial charge in [-0.3, -0.25) is 0 Å². The van der Waals surface area contributed by atoms with Crippen LogP contribution in [0.3, 0.4) is 0 Å². The van der Waals surface area contributed by atoms with Gasteiger partial charge in [-0.2, -0.15) is 0 Å². The number of rotatable bonds is 4. The third kappa shape index (κ3) is 3.74. The summed E-state index contributed by atoms with van der Waals surface area (Å²) in [6.07, 6.45) is 3.79. The molecule has 0 aliphatic rings. The molecule has 69 valence electrons. The molecular weight excluding hydrogens is 162 g/mol. The van der Waals surface area contributed by atoms with Gasteiger partial charge in [0.05, 0.1) is 0 Å². The van der Waals surface area contributed by atoms with Crippen molar-refractivity contribution in [3.63, 3.8) is 0 Å². The van der Waals surface area contributed by atoms with Crippen molar-refractivity contribution in [1.82, 2.24) is 0 Å². The van der Waals surface area contributed by atoms with Crippen LogP contribution in [0.1, 0.15) is 24.5 Å². The average Bonchev–Trinajstić information content (AvgIpc) is 2.13. The van der Waals surface area contributed by atoms with E-state index >= 15 is 0 Å². The highest BCUT2D eigenvalue weighted by Gasteiger charge is 1.88. The Morgan fingerprint density at radius 2 is 2.31 bits per heavy atom. The van der Waals surface area contributed by atoms with Gasteiger partial charge in [-0.05, 0) is 19.4 Å². The zero-order valence-electron chi connectivity index (χ0n) is 8.08. The Hall–Kier alpha value is -1.31. The zero-order valence-corrected chi connectivity index (χ0v) is 8.08. The van der Waals surface area contributed by atoms with Crippen LogP contribution in [-0.2, 0) is 4.84 Å². The fourth-order valence-electron chi connectivity index (χ4n) is 0.937. The van der Waals surface area contributed by atoms with E-state index in [2.05, 4.69) is 11.4 Å². The van der Waals surface area contributed by atoms with Crippen LogP contribution < -0.4 is 0 Å². The molecule has 1 rings (SSSR count). The molecule has 0 saturated heterocycles. The van der Waals surface area contributed by atoms with Crippen molar-refractivity contribution in [3.05, 3.63) is 35.4 Å². The Labute approximate surface area is 79.2 Å². The van der Waals surface area contributed by atoms with E-state index in [1.54, 1.807) is 0 Å². The van der Waals surface area contributed by atoms with Crippen molar-refractivity contribution in [1.29, 1.82) is 0 Å². The summed E-state index contributed by atoms with van der Waals surface area (Å²) >= 11 is 0. The molecule has 1 aromatic rings. The minimum Gasteiger partial charge on any atom is -0.395 e. The molecule has 0 fully saturated rings. The van der Waals surface area contributed by atoms with Gasteiger partial charge in [0, 0.05) is 5.56 Å². The first-order chi connectivity index (χ1) is 6.33. The van der Waals surface area contributed by atoms with Crippen molar-refractivity contribution >= 4 is 6.21 Å². The SMILES string of the molecule is CCCO/N=[C]\c1cccc(C)c1. The zero-order chi connectivity index (χ0) is 9.52. The first kappa shape index (κ1) is 9.78. The summed E-state index contributed by atoms with van der Waals surface area (Å²) < 4.78 is 0. The van der Waals surface area contributed by atoms with Gasteiger partial charge in [0.15, 0.2) is 0 Å². The summed E-state index contributed by atoms with van der Waals surface area (Å²) in [4.78, 5) is 4.94. The molecule has 0 atom stereocenters. The maximum absolute atomic E-state index is 4.94. The molecule has 2 nitrogen and oxygen atoms in total. The first-order valence-corrected chi connectivity index (χ1v) is 4.47. The van der Waals surface area contributed by atoms with E-state index in [0.717, 1.165) is 12.0 Å². The molecule has 0 amide bonds. The fourth-order valence-corrected chi connectivity index (χ4v) is 0.937. The third-order valence-corrected chi connectivity index (χ3v) is 1.55. The lowest BCUT2D eigenvalue weighted by Crippen LogP contribution is -1.86. The second-order valence-electron chi connectivity index (χ2n) is 2.91. The predicted octanol–water partition coefficient (Wildman–Crippen LogP) is 2.63. The number of hydrogen-bond acceptors (Lipinski definition) is 2. The molecule has 1 aromatic carbocycles. The smallest absolute Gasteiger partial charge is 0.139 e. The highest BCUT2D eigenvalue weighted by atomic mass is 16.6. The van der Waals surface area contributed by atoms with E-state index in [0.29, 0.717) is 6.61 Å². The minimum absolute atomic E-state index is 0.652. The summed E-state index contributed by atoms with van der Waals surface area (Å²) in [5.41, 5.74) is 2.16. The van der Waals surface area contributed by atoms with E-state index in [9.17, 15) is 0 Å². The summed E-state index contributed by atoms with van der Waals surface area (Å²) in [6, 6.07) is 7.98. The van der Waals surface area contributed by atoms with Crippen molar-refractivity contribution < 1.29 is 4.84 Å². The Morgan fingerprint density at radius 1 is 1.46 bits per heavy atom. The lowest BCUT2D eigenvalue weighted by molar-refractivity contribution is 0.146. The van der Waals surface area contributed by atoms with Gasteiger partial charge in [-0.25, -0.2) is 0 Å². The Kier molecular flexibility index (Phi) is 4.03. The molecule has 13 heavy (non-hydrogen) atoms. The Bertz CT molecular complexity index is 281. The van der Waals surface area contributed by atoms with Crippen molar-refractivity contribution in [3.8, 4) is 0 Å². The van der Waals surface area contributed by atoms with E-state index < -0.39 is 0 Å². The van der Waals surface area contributed by atoms with Gasteiger partial charge in [-0.15, -0.1) is 0 Å². The van der Waals surface area contributed by atoms with E-state index in [4.69, 9.17) is 4.84 Å². The first-order valence-electron chi connectivity index (χ1n) is 4.47. The maximum atomic E-state index is 4.94. The molecule has 0 aromatic heterocycles. The molecule has 0 aliphatic heterocycles. The molecule has 0 aliphatic carbocycles. The van der Waals surface area contributed by atoms with Gasteiger partial charge >= 0.3 is 0 Å². The highest BCUT2D eigenvalue weighted by Crippen LogP contribution is 2.00. The van der Waals surface area contributed by atoms with E-state index in [1.165, 1.54) is 5.56 Å². The molecule has 0 heterocycles. The molecule has 2 heteroatoms. The van der Waals surface area contributed by atoms with Gasteiger partial charge in [0.1, 0.15) is 12.8 Å². The van der Waals surface area contributed by atoms with Crippen molar-refractivity contribution in [2.24, 2.45) is 5.16 Å². The summed E-state index contributed by atoms with van der Waals surface area (Å²) in [5, 5.41) is 3.72. The number of aryl methyl sites for hydroxylation is 1. The third-order valence-electron chi connectivity index (χ3n) is 1.55. The lowest BCUT2D eigenvalue weighted by Gasteiger charge is -1.95. The average molecular weight is 176 g/mol. The molecule has 0 N–H and O–H groups in total. The standard InChI is InChI=1S/C11H14NO/c1-3-7-13-12-9-11-6-4-5-10(2)8-11/h4-6,8H,3,7H2,1-2H3. The number of benzene rings is 1. The van der Waals surface area contributed by atoms with Gasteiger partial charge in [0.2, 0.25) is 0 Å². The van der Waals surface area contributed by atoms with Crippen molar-refractivity contribution in [2.75, 3.05) is 6.61 Å². The van der Waals surface area contributed by atoms with Crippen LogP contribution in [-0.4, -0.2) is 12.8 Å². The quantitative estimate of drug-likeness (QED) is 0.392. The lowest BCUT2D eigenvalue weighted by atomic mass is 10.2. The van der Waals surface area contributed by atoms with Gasteiger partial charge in [0.25, 0.3) is 0 Å². The molecule has 0 spiro atoms. The summed E-state index contributed by atoms with van der Waals surface area (Å²) in [5.74, 6) is 0. The monoisotopic (exact) mass is 176 g/mol. The van der Waals surface area contributed by atoms with Crippen LogP contribution in [0.2, 0.25) is 0 Å². The Morgan fingerprint density at radius 3 is 3.00 bits per heavy atom. The fraction of sp³-hybridized carbons (Fsp3) is 0.364. The highest BCUT2D eigenvalue weighted by molar-refractivity contribution is 5.79. The van der Waals surface area contributed by atoms with Gasteiger partial charge in [-0.1, -0.05) is 35.8 Å². The second-order valence-corrected chi connectivity index (χ2v) is 2.91. The predicted molar refractivity (Wildman–Crippen MR) is 54.0 cm³/mol. The molecular formula is C11H14NO. The molecule has 0 bridgehead atoms. The van der Waals surface area contributed by atoms with Crippen LogP contribution in [0.4, 0.5) is 0 Å². The summed E-state index contributed by atoms with van der Waals surface area (Å²) in [6.45, 7) is 4.74. The molecule has 0 unspecified atom stereocenters. The minimum atomic E-state index is 0.652. The molecule has 0 saturated carbocycles. The van der Waals surface area contributed by atoms with Crippen LogP contribution in [0.15, 0.2) is 29.4 Å². The van der Waals surface area contributed by atoms with E-state index in [1.807, 2.05) is 38.1 Å². The molecule has 1 radical (unpaired) electrons. The van der Waals surface area contributed by atoms with Crippen LogP contribution in [0.5, 0.6) is 0 Å². The topological polar surface area (TPSA) is 21.6 Å². The normalized spacial score (nSPS) is 10.6. The number of hydrogen-bond donors (Lipinski definition) is 0. The van der Waals surface area contributed by atoms with Crippen LogP contribution >= 0.6 is 0 Å². The summed E-state index contributed by atoms with van der Waals surface area (Å²) in [7, 11) is 0. The largest absolute Gasteiger partial charge is 0.395 e. The van der Waals surface area contributed by atoms with Gasteiger partial charge < -0.3 is 4.84 Å². The Balaban J connectivity index is 2.48. The van der Waals surface area contributed by atoms with E-state index in [-0.39, 0.29) is 0 Å². The second kappa shape index (κ2) is 5.36. The van der Waals surface area contributed by atoms with Crippen LogP contribution in [0.25, 0.3) is 0 Å². The number of nitrogens with zero attached hydrogens (tertiary/aromatic N) is 1.